The van der Waals surface area contributed by atoms with Crippen molar-refractivity contribution in [2.75, 3.05) is 25.1 Å². The SMILES string of the molecule is CSCC[C@H](N)C(=O)N1CCC(C)C(C)C1.Cl. The van der Waals surface area contributed by atoms with Crippen LogP contribution in [0.25, 0.3) is 0 Å². The minimum Gasteiger partial charge on any atom is -0.341 e. The van der Waals surface area contributed by atoms with E-state index < -0.39 is 0 Å². The van der Waals surface area contributed by atoms with Crippen LogP contribution in [0.4, 0.5) is 0 Å². The number of carbonyl (C=O) groups is 1. The number of likely N-dealkylation sites (tertiary alicyclic amines) is 1. The summed E-state index contributed by atoms with van der Waals surface area (Å²) in [4.78, 5) is 14.0. The molecule has 102 valence electrons. The van der Waals surface area contributed by atoms with Crippen molar-refractivity contribution >= 4 is 30.1 Å². The minimum absolute atomic E-state index is 0. The zero-order chi connectivity index (χ0) is 12.1. The lowest BCUT2D eigenvalue weighted by atomic mass is 9.88. The summed E-state index contributed by atoms with van der Waals surface area (Å²) in [6.45, 7) is 6.25. The Kier molecular flexibility index (Phi) is 8.25. The van der Waals surface area contributed by atoms with Crippen molar-refractivity contribution in [3.8, 4) is 0 Å². The number of nitrogens with two attached hydrogens (primary N) is 1. The van der Waals surface area contributed by atoms with Gasteiger partial charge in [0.25, 0.3) is 0 Å². The van der Waals surface area contributed by atoms with E-state index in [0.29, 0.717) is 5.92 Å². The largest absolute Gasteiger partial charge is 0.341 e. The van der Waals surface area contributed by atoms with Crippen LogP contribution in [-0.2, 0) is 4.79 Å². The molecular weight excluding hydrogens is 256 g/mol. The molecule has 1 aliphatic heterocycles. The van der Waals surface area contributed by atoms with E-state index in [1.165, 1.54) is 0 Å². The number of rotatable bonds is 4. The van der Waals surface area contributed by atoms with E-state index in [-0.39, 0.29) is 24.4 Å². The van der Waals surface area contributed by atoms with Crippen molar-refractivity contribution in [3.05, 3.63) is 0 Å². The van der Waals surface area contributed by atoms with Crippen LogP contribution in [-0.4, -0.2) is 41.9 Å². The highest BCUT2D eigenvalue weighted by Crippen LogP contribution is 2.22. The third-order valence-electron chi connectivity index (χ3n) is 3.60. The molecule has 2 N–H and O–H groups in total. The van der Waals surface area contributed by atoms with Gasteiger partial charge in [0, 0.05) is 13.1 Å². The first-order chi connectivity index (χ1) is 7.56. The van der Waals surface area contributed by atoms with Gasteiger partial charge >= 0.3 is 0 Å². The summed E-state index contributed by atoms with van der Waals surface area (Å²) < 4.78 is 0. The van der Waals surface area contributed by atoms with Gasteiger partial charge in [-0.2, -0.15) is 11.8 Å². The molecule has 1 heterocycles. The van der Waals surface area contributed by atoms with Gasteiger partial charge in [0.15, 0.2) is 0 Å². The van der Waals surface area contributed by atoms with Crippen molar-refractivity contribution in [1.29, 1.82) is 0 Å². The van der Waals surface area contributed by atoms with Crippen LogP contribution < -0.4 is 5.73 Å². The fourth-order valence-corrected chi connectivity index (χ4v) is 2.56. The van der Waals surface area contributed by atoms with Crippen molar-refractivity contribution in [2.45, 2.75) is 32.7 Å². The van der Waals surface area contributed by atoms with Gasteiger partial charge in [0.1, 0.15) is 0 Å². The third kappa shape index (κ3) is 5.06. The minimum atomic E-state index is -0.298. The Morgan fingerprint density at radius 3 is 2.65 bits per heavy atom. The van der Waals surface area contributed by atoms with Gasteiger partial charge in [-0.25, -0.2) is 0 Å². The lowest BCUT2D eigenvalue weighted by Crippen LogP contribution is -2.49. The second kappa shape index (κ2) is 8.22. The Bertz CT molecular complexity index is 241. The second-order valence-electron chi connectivity index (χ2n) is 4.92. The maximum atomic E-state index is 12.0. The molecule has 5 heteroatoms. The van der Waals surface area contributed by atoms with Crippen molar-refractivity contribution in [1.82, 2.24) is 4.90 Å². The fraction of sp³-hybridized carbons (Fsp3) is 0.917. The van der Waals surface area contributed by atoms with Gasteiger partial charge in [-0.1, -0.05) is 13.8 Å². The first-order valence-corrected chi connectivity index (χ1v) is 7.49. The molecule has 3 atom stereocenters. The molecule has 1 rings (SSSR count). The summed E-state index contributed by atoms with van der Waals surface area (Å²) >= 11 is 1.74. The van der Waals surface area contributed by atoms with Gasteiger partial charge in [-0.15, -0.1) is 12.4 Å². The van der Waals surface area contributed by atoms with Crippen LogP contribution >= 0.6 is 24.2 Å². The summed E-state index contributed by atoms with van der Waals surface area (Å²) in [5, 5.41) is 0. The molecular formula is C12H25ClN2OS. The molecule has 0 spiro atoms. The highest BCUT2D eigenvalue weighted by molar-refractivity contribution is 7.98. The molecule has 1 amide bonds. The molecule has 0 aromatic carbocycles. The van der Waals surface area contributed by atoms with Crippen LogP contribution in [0.2, 0.25) is 0 Å². The van der Waals surface area contributed by atoms with Gasteiger partial charge in [0.2, 0.25) is 5.91 Å². The van der Waals surface area contributed by atoms with Crippen molar-refractivity contribution < 1.29 is 4.79 Å². The molecule has 0 aromatic rings. The maximum absolute atomic E-state index is 12.0. The topological polar surface area (TPSA) is 46.3 Å². The molecule has 17 heavy (non-hydrogen) atoms. The average molecular weight is 281 g/mol. The van der Waals surface area contributed by atoms with E-state index >= 15 is 0 Å². The lowest BCUT2D eigenvalue weighted by molar-refractivity contribution is -0.135. The van der Waals surface area contributed by atoms with Crippen molar-refractivity contribution in [2.24, 2.45) is 17.6 Å². The Morgan fingerprint density at radius 2 is 2.12 bits per heavy atom. The fourth-order valence-electron chi connectivity index (χ4n) is 2.07. The molecule has 1 saturated heterocycles. The normalized spacial score (nSPS) is 26.2. The molecule has 0 bridgehead atoms. The van der Waals surface area contributed by atoms with E-state index in [0.717, 1.165) is 37.6 Å². The molecule has 0 saturated carbocycles. The monoisotopic (exact) mass is 280 g/mol. The lowest BCUT2D eigenvalue weighted by Gasteiger charge is -2.36. The van der Waals surface area contributed by atoms with E-state index in [4.69, 9.17) is 5.73 Å². The molecule has 0 aliphatic carbocycles. The summed E-state index contributed by atoms with van der Waals surface area (Å²) in [5.74, 6) is 2.44. The van der Waals surface area contributed by atoms with E-state index in [9.17, 15) is 4.79 Å². The molecule has 3 nitrogen and oxygen atoms in total. The van der Waals surface area contributed by atoms with E-state index in [2.05, 4.69) is 13.8 Å². The Balaban J connectivity index is 0.00000256. The number of carbonyl (C=O) groups excluding carboxylic acids is 1. The smallest absolute Gasteiger partial charge is 0.239 e. The van der Waals surface area contributed by atoms with Gasteiger partial charge in [-0.3, -0.25) is 4.79 Å². The highest BCUT2D eigenvalue weighted by atomic mass is 35.5. The number of nitrogens with zero attached hydrogens (tertiary/aromatic N) is 1. The van der Waals surface area contributed by atoms with E-state index in [1.807, 2.05) is 11.2 Å². The third-order valence-corrected chi connectivity index (χ3v) is 4.24. The van der Waals surface area contributed by atoms with Crippen LogP contribution in [0, 0.1) is 11.8 Å². The first kappa shape index (κ1) is 17.1. The number of hydrogen-bond acceptors (Lipinski definition) is 3. The number of thioether (sulfide) groups is 1. The van der Waals surface area contributed by atoms with Crippen LogP contribution in [0.15, 0.2) is 0 Å². The number of hydrogen-bond donors (Lipinski definition) is 1. The molecule has 0 aromatic heterocycles. The van der Waals surface area contributed by atoms with Crippen LogP contribution in [0.1, 0.15) is 26.7 Å². The summed E-state index contributed by atoms with van der Waals surface area (Å²) in [7, 11) is 0. The maximum Gasteiger partial charge on any atom is 0.239 e. The molecule has 1 aliphatic rings. The number of halogens is 1. The number of amides is 1. The zero-order valence-electron chi connectivity index (χ0n) is 11.0. The first-order valence-electron chi connectivity index (χ1n) is 6.09. The van der Waals surface area contributed by atoms with E-state index in [1.54, 1.807) is 11.8 Å². The van der Waals surface area contributed by atoms with Crippen molar-refractivity contribution in [3.63, 3.8) is 0 Å². The zero-order valence-corrected chi connectivity index (χ0v) is 12.6. The quantitative estimate of drug-likeness (QED) is 0.857. The van der Waals surface area contributed by atoms with Crippen LogP contribution in [0.3, 0.4) is 0 Å². The Labute approximate surface area is 115 Å². The average Bonchev–Trinajstić information content (AvgIpc) is 2.28. The van der Waals surface area contributed by atoms with Gasteiger partial charge in [0.05, 0.1) is 6.04 Å². The Hall–Kier alpha value is 0.0700. The van der Waals surface area contributed by atoms with Gasteiger partial charge in [-0.05, 0) is 36.7 Å². The summed E-state index contributed by atoms with van der Waals surface area (Å²) in [6, 6.07) is -0.298. The standard InChI is InChI=1S/C12H24N2OS.ClH/c1-9-4-6-14(8-10(9)2)12(15)11(13)5-7-16-3;/h9-11H,4-8,13H2,1-3H3;1H/t9?,10?,11-;/m0./s1. The number of piperidine rings is 1. The van der Waals surface area contributed by atoms with Gasteiger partial charge < -0.3 is 10.6 Å². The Morgan fingerprint density at radius 1 is 1.47 bits per heavy atom. The molecule has 1 fully saturated rings. The molecule has 0 radical (unpaired) electrons. The van der Waals surface area contributed by atoms with Crippen LogP contribution in [0.5, 0.6) is 0 Å². The second-order valence-corrected chi connectivity index (χ2v) is 5.90. The highest BCUT2D eigenvalue weighted by Gasteiger charge is 2.28. The predicted molar refractivity (Wildman–Crippen MR) is 77.7 cm³/mol. The summed E-state index contributed by atoms with van der Waals surface area (Å²) in [6.07, 6.45) is 3.95. The predicted octanol–water partition coefficient (Wildman–Crippen LogP) is 1.99. The summed E-state index contributed by atoms with van der Waals surface area (Å²) in [5.41, 5.74) is 5.91. The molecule has 2 unspecified atom stereocenters.